The van der Waals surface area contributed by atoms with E-state index in [1.165, 1.54) is 24.4 Å². The maximum atomic E-state index is 13.5. The molecule has 0 aliphatic heterocycles. The zero-order valence-electron chi connectivity index (χ0n) is 16.0. The van der Waals surface area contributed by atoms with Gasteiger partial charge < -0.3 is 5.32 Å². The standard InChI is InChI=1S/C22H20F3N3O/c1-14(16-7-4-3-5-8-16)13-27-19-11-10-18(22(23,24)25)20(28-19)21(29)17-9-6-12-26-15(17)2/h3-12,14H,13H2,1-2H3,(H,27,28)/t14-/m1/s1. The fourth-order valence-electron chi connectivity index (χ4n) is 2.97. The number of halogens is 3. The minimum atomic E-state index is -4.69. The summed E-state index contributed by atoms with van der Waals surface area (Å²) in [5.74, 6) is -0.478. The molecule has 29 heavy (non-hydrogen) atoms. The van der Waals surface area contributed by atoms with Gasteiger partial charge in [-0.2, -0.15) is 13.2 Å². The highest BCUT2D eigenvalue weighted by molar-refractivity contribution is 6.09. The van der Waals surface area contributed by atoms with Gasteiger partial charge in [-0.1, -0.05) is 37.3 Å². The molecule has 3 rings (SSSR count). The second-order valence-electron chi connectivity index (χ2n) is 6.75. The Morgan fingerprint density at radius 1 is 1.07 bits per heavy atom. The van der Waals surface area contributed by atoms with Gasteiger partial charge in [-0.25, -0.2) is 4.98 Å². The summed E-state index contributed by atoms with van der Waals surface area (Å²) >= 11 is 0. The smallest absolute Gasteiger partial charge is 0.369 e. The number of alkyl halides is 3. The monoisotopic (exact) mass is 399 g/mol. The maximum Gasteiger partial charge on any atom is 0.418 e. The van der Waals surface area contributed by atoms with Gasteiger partial charge in [0.1, 0.15) is 11.5 Å². The number of hydrogen-bond donors (Lipinski definition) is 1. The maximum absolute atomic E-state index is 13.5. The van der Waals surface area contributed by atoms with Crippen LogP contribution in [0.5, 0.6) is 0 Å². The highest BCUT2D eigenvalue weighted by Gasteiger charge is 2.37. The Bertz CT molecular complexity index is 1000. The molecule has 0 saturated heterocycles. The molecule has 0 fully saturated rings. The Hall–Kier alpha value is -3.22. The number of rotatable bonds is 6. The quantitative estimate of drug-likeness (QED) is 0.575. The van der Waals surface area contributed by atoms with E-state index in [9.17, 15) is 18.0 Å². The molecule has 0 radical (unpaired) electrons. The third kappa shape index (κ3) is 4.80. The van der Waals surface area contributed by atoms with E-state index in [0.717, 1.165) is 11.6 Å². The predicted octanol–water partition coefficient (Wildman–Crippen LogP) is 5.25. The van der Waals surface area contributed by atoms with Crippen molar-refractivity contribution in [1.29, 1.82) is 0 Å². The second-order valence-corrected chi connectivity index (χ2v) is 6.75. The van der Waals surface area contributed by atoms with Crippen molar-refractivity contribution in [2.24, 2.45) is 0 Å². The van der Waals surface area contributed by atoms with Gasteiger partial charge in [-0.3, -0.25) is 9.78 Å². The normalized spacial score (nSPS) is 12.4. The largest absolute Gasteiger partial charge is 0.418 e. The van der Waals surface area contributed by atoms with Crippen LogP contribution in [0.15, 0.2) is 60.8 Å². The first kappa shape index (κ1) is 20.5. The minimum Gasteiger partial charge on any atom is -0.369 e. The molecule has 0 aliphatic rings. The summed E-state index contributed by atoms with van der Waals surface area (Å²) < 4.78 is 40.4. The Morgan fingerprint density at radius 3 is 2.45 bits per heavy atom. The Morgan fingerprint density at radius 2 is 1.79 bits per heavy atom. The lowest BCUT2D eigenvalue weighted by atomic mass is 10.0. The first-order valence-corrected chi connectivity index (χ1v) is 9.10. The minimum absolute atomic E-state index is 0.0975. The van der Waals surface area contributed by atoms with Crippen LogP contribution in [-0.2, 0) is 6.18 Å². The van der Waals surface area contributed by atoms with Crippen LogP contribution in [0.3, 0.4) is 0 Å². The summed E-state index contributed by atoms with van der Waals surface area (Å²) in [6.07, 6.45) is -3.21. The summed E-state index contributed by atoms with van der Waals surface area (Å²) in [5.41, 5.74) is -0.156. The van der Waals surface area contributed by atoms with Gasteiger partial charge in [0.05, 0.1) is 5.56 Å². The van der Waals surface area contributed by atoms with E-state index in [2.05, 4.69) is 15.3 Å². The van der Waals surface area contributed by atoms with Crippen molar-refractivity contribution in [1.82, 2.24) is 9.97 Å². The topological polar surface area (TPSA) is 54.9 Å². The van der Waals surface area contributed by atoms with Crippen LogP contribution in [-0.4, -0.2) is 22.3 Å². The first-order chi connectivity index (χ1) is 13.8. The highest BCUT2D eigenvalue weighted by atomic mass is 19.4. The molecule has 3 aromatic rings. The third-order valence-corrected chi connectivity index (χ3v) is 4.63. The summed E-state index contributed by atoms with van der Waals surface area (Å²) in [4.78, 5) is 20.8. The van der Waals surface area contributed by atoms with E-state index in [0.29, 0.717) is 12.2 Å². The van der Waals surface area contributed by atoms with Crippen molar-refractivity contribution >= 4 is 11.6 Å². The molecule has 150 valence electrons. The molecule has 0 aliphatic carbocycles. The Labute approximate surface area is 166 Å². The zero-order chi connectivity index (χ0) is 21.0. The average molecular weight is 399 g/mol. The van der Waals surface area contributed by atoms with Crippen LogP contribution in [0.1, 0.15) is 45.7 Å². The number of anilines is 1. The number of carbonyl (C=O) groups is 1. The van der Waals surface area contributed by atoms with E-state index < -0.39 is 23.2 Å². The number of carbonyl (C=O) groups excluding carboxylic acids is 1. The van der Waals surface area contributed by atoms with E-state index in [1.54, 1.807) is 6.92 Å². The van der Waals surface area contributed by atoms with Crippen molar-refractivity contribution in [2.45, 2.75) is 25.9 Å². The molecule has 0 saturated carbocycles. The Balaban J connectivity index is 1.90. The average Bonchev–Trinajstić information content (AvgIpc) is 2.71. The van der Waals surface area contributed by atoms with Gasteiger partial charge in [0, 0.05) is 24.0 Å². The van der Waals surface area contributed by atoms with Crippen molar-refractivity contribution in [3.63, 3.8) is 0 Å². The van der Waals surface area contributed by atoms with Crippen LogP contribution >= 0.6 is 0 Å². The lowest BCUT2D eigenvalue weighted by Crippen LogP contribution is -2.19. The predicted molar refractivity (Wildman–Crippen MR) is 105 cm³/mol. The van der Waals surface area contributed by atoms with Gasteiger partial charge in [-0.15, -0.1) is 0 Å². The SMILES string of the molecule is Cc1ncccc1C(=O)c1nc(NC[C@@H](C)c2ccccc2)ccc1C(F)(F)F. The van der Waals surface area contributed by atoms with Crippen LogP contribution in [0.2, 0.25) is 0 Å². The summed E-state index contributed by atoms with van der Waals surface area (Å²) in [6, 6.07) is 14.8. The fourth-order valence-corrected chi connectivity index (χ4v) is 2.97. The van der Waals surface area contributed by atoms with Crippen molar-refractivity contribution < 1.29 is 18.0 Å². The van der Waals surface area contributed by atoms with E-state index in [1.807, 2.05) is 37.3 Å². The molecule has 1 aromatic carbocycles. The molecular formula is C22H20F3N3O. The number of pyridine rings is 2. The molecular weight excluding hydrogens is 379 g/mol. The van der Waals surface area contributed by atoms with Crippen LogP contribution in [0.25, 0.3) is 0 Å². The van der Waals surface area contributed by atoms with Gasteiger partial charge in [0.2, 0.25) is 5.78 Å². The van der Waals surface area contributed by atoms with Gasteiger partial charge >= 0.3 is 6.18 Å². The summed E-state index contributed by atoms with van der Waals surface area (Å²) in [5, 5.41) is 3.04. The molecule has 1 N–H and O–H groups in total. The number of benzene rings is 1. The molecule has 0 unspecified atom stereocenters. The molecule has 0 spiro atoms. The van der Waals surface area contributed by atoms with Gasteiger partial charge in [-0.05, 0) is 42.7 Å². The number of hydrogen-bond acceptors (Lipinski definition) is 4. The molecule has 2 heterocycles. The zero-order valence-corrected chi connectivity index (χ0v) is 16.0. The van der Waals surface area contributed by atoms with Gasteiger partial charge in [0.15, 0.2) is 0 Å². The Kier molecular flexibility index (Phi) is 5.96. The first-order valence-electron chi connectivity index (χ1n) is 9.10. The van der Waals surface area contributed by atoms with E-state index in [-0.39, 0.29) is 17.3 Å². The summed E-state index contributed by atoms with van der Waals surface area (Å²) in [7, 11) is 0. The highest BCUT2D eigenvalue weighted by Crippen LogP contribution is 2.33. The van der Waals surface area contributed by atoms with Crippen molar-refractivity contribution in [3.05, 3.63) is 88.9 Å². The number of nitrogens with zero attached hydrogens (tertiary/aromatic N) is 2. The molecule has 1 atom stereocenters. The number of nitrogens with one attached hydrogen (secondary N) is 1. The molecule has 4 nitrogen and oxygen atoms in total. The number of aromatic nitrogens is 2. The summed E-state index contributed by atoms with van der Waals surface area (Å²) in [6.45, 7) is 4.03. The second kappa shape index (κ2) is 8.43. The van der Waals surface area contributed by atoms with Crippen LogP contribution in [0, 0.1) is 6.92 Å². The van der Waals surface area contributed by atoms with Crippen LogP contribution in [0.4, 0.5) is 19.0 Å². The molecule has 7 heteroatoms. The van der Waals surface area contributed by atoms with Gasteiger partial charge in [0.25, 0.3) is 0 Å². The molecule has 0 bridgehead atoms. The lowest BCUT2D eigenvalue weighted by molar-refractivity contribution is -0.138. The number of aryl methyl sites for hydroxylation is 1. The fraction of sp³-hybridized carbons (Fsp3) is 0.227. The van der Waals surface area contributed by atoms with E-state index in [4.69, 9.17) is 0 Å². The van der Waals surface area contributed by atoms with Crippen molar-refractivity contribution in [2.75, 3.05) is 11.9 Å². The van der Waals surface area contributed by atoms with Crippen LogP contribution < -0.4 is 5.32 Å². The van der Waals surface area contributed by atoms with E-state index >= 15 is 0 Å². The lowest BCUT2D eigenvalue weighted by Gasteiger charge is -2.16. The molecule has 0 amide bonds. The third-order valence-electron chi connectivity index (χ3n) is 4.63. The van der Waals surface area contributed by atoms with Crippen molar-refractivity contribution in [3.8, 4) is 0 Å². The number of ketones is 1. The molecule has 2 aromatic heterocycles.